The monoisotopic (exact) mass is 402 g/mol. The van der Waals surface area contributed by atoms with Gasteiger partial charge in [0.2, 0.25) is 0 Å². The fourth-order valence-corrected chi connectivity index (χ4v) is 15.7. The Balaban J connectivity index is 2.08. The zero-order valence-corrected chi connectivity index (χ0v) is 20.4. The topological polar surface area (TPSA) is 18.5 Å². The number of benzene rings is 2. The number of hydrogen-bond acceptors (Lipinski definition) is 2. The molecule has 0 saturated carbocycles. The van der Waals surface area contributed by atoms with Crippen LogP contribution in [0.15, 0.2) is 54.6 Å². The Morgan fingerprint density at radius 2 is 1.08 bits per heavy atom. The summed E-state index contributed by atoms with van der Waals surface area (Å²) in [5.74, 6) is 0. The van der Waals surface area contributed by atoms with Crippen molar-refractivity contribution >= 4 is 25.2 Å². The lowest BCUT2D eigenvalue weighted by Gasteiger charge is -2.38. The summed E-state index contributed by atoms with van der Waals surface area (Å²) in [6, 6.07) is 20.5. The maximum absolute atomic E-state index is 6.61. The van der Waals surface area contributed by atoms with Gasteiger partial charge in [-0.25, -0.2) is 0 Å². The first-order valence-electron chi connectivity index (χ1n) is 9.51. The quantitative estimate of drug-likeness (QED) is 0.459. The van der Waals surface area contributed by atoms with Crippen molar-refractivity contribution in [2.24, 2.45) is 0 Å². The summed E-state index contributed by atoms with van der Waals surface area (Å²) in [5, 5.41) is 0. The second-order valence-electron chi connectivity index (χ2n) is 9.13. The standard InChI is InChI=1S/C21H34O2Si3/c1-24(2,3)22-26(7,23-25(4,5)6)18-17-19-13-15-21(16-14-19)20-11-9-8-10-12-20/h8-16H,17-18H2,1-7H3. The number of aryl methyl sites for hydroxylation is 1. The van der Waals surface area contributed by atoms with Gasteiger partial charge in [-0.2, -0.15) is 0 Å². The molecule has 0 aliphatic rings. The van der Waals surface area contributed by atoms with Gasteiger partial charge in [0.1, 0.15) is 0 Å². The van der Waals surface area contributed by atoms with Crippen molar-refractivity contribution in [3.63, 3.8) is 0 Å². The summed E-state index contributed by atoms with van der Waals surface area (Å²) in [6.07, 6.45) is 1.02. The van der Waals surface area contributed by atoms with Crippen LogP contribution in [-0.2, 0) is 14.7 Å². The minimum absolute atomic E-state index is 1.02. The van der Waals surface area contributed by atoms with E-state index in [2.05, 4.69) is 100 Å². The van der Waals surface area contributed by atoms with Crippen molar-refractivity contribution in [3.8, 4) is 11.1 Å². The summed E-state index contributed by atoms with van der Waals surface area (Å²) < 4.78 is 13.2. The molecule has 0 spiro atoms. The van der Waals surface area contributed by atoms with Crippen LogP contribution >= 0.6 is 0 Å². The summed E-state index contributed by atoms with van der Waals surface area (Å²) in [6.45, 7) is 15.9. The fourth-order valence-electron chi connectivity index (χ4n) is 3.28. The number of hydrogen-bond donors (Lipinski definition) is 0. The molecule has 142 valence electrons. The molecule has 0 aromatic heterocycles. The smallest absolute Gasteiger partial charge is 0.314 e. The van der Waals surface area contributed by atoms with Crippen LogP contribution in [-0.4, -0.2) is 25.2 Å². The Kier molecular flexibility index (Phi) is 6.85. The SMILES string of the molecule is C[Si](C)(C)O[Si](C)(CCc1ccc(-c2ccccc2)cc1)O[Si](C)(C)C. The van der Waals surface area contributed by atoms with Crippen LogP contribution in [0.4, 0.5) is 0 Å². The average molecular weight is 403 g/mol. The molecule has 0 bridgehead atoms. The van der Waals surface area contributed by atoms with Crippen molar-refractivity contribution in [2.45, 2.75) is 58.3 Å². The molecule has 0 N–H and O–H groups in total. The van der Waals surface area contributed by atoms with Crippen LogP contribution in [0.5, 0.6) is 0 Å². The van der Waals surface area contributed by atoms with E-state index in [1.165, 1.54) is 16.7 Å². The highest BCUT2D eigenvalue weighted by atomic mass is 28.5. The summed E-state index contributed by atoms with van der Waals surface area (Å²) >= 11 is 0. The van der Waals surface area contributed by atoms with Crippen molar-refractivity contribution < 1.29 is 8.23 Å². The third-order valence-corrected chi connectivity index (χ3v) is 13.5. The molecule has 0 atom stereocenters. The molecule has 0 unspecified atom stereocenters. The van der Waals surface area contributed by atoms with Gasteiger partial charge in [0, 0.05) is 0 Å². The predicted molar refractivity (Wildman–Crippen MR) is 121 cm³/mol. The molecule has 2 rings (SSSR count). The first-order valence-corrected chi connectivity index (χ1v) is 18.8. The Morgan fingerprint density at radius 3 is 1.54 bits per heavy atom. The van der Waals surface area contributed by atoms with Crippen molar-refractivity contribution in [3.05, 3.63) is 60.2 Å². The molecule has 0 heterocycles. The Hall–Kier alpha value is -0.989. The third-order valence-electron chi connectivity index (χ3n) is 3.97. The van der Waals surface area contributed by atoms with E-state index in [0.29, 0.717) is 0 Å². The molecular weight excluding hydrogens is 368 g/mol. The van der Waals surface area contributed by atoms with Crippen LogP contribution < -0.4 is 0 Å². The molecule has 0 amide bonds. The molecule has 2 aromatic rings. The van der Waals surface area contributed by atoms with Gasteiger partial charge in [-0.3, -0.25) is 0 Å². The highest BCUT2D eigenvalue weighted by Crippen LogP contribution is 2.26. The molecule has 5 heteroatoms. The van der Waals surface area contributed by atoms with Crippen LogP contribution in [0.1, 0.15) is 5.56 Å². The van der Waals surface area contributed by atoms with Crippen molar-refractivity contribution in [2.75, 3.05) is 0 Å². The van der Waals surface area contributed by atoms with Crippen molar-refractivity contribution in [1.29, 1.82) is 0 Å². The van der Waals surface area contributed by atoms with E-state index in [-0.39, 0.29) is 0 Å². The minimum Gasteiger partial charge on any atom is -0.437 e. The van der Waals surface area contributed by atoms with Gasteiger partial charge in [0.25, 0.3) is 0 Å². The van der Waals surface area contributed by atoms with Gasteiger partial charge >= 0.3 is 8.56 Å². The minimum atomic E-state index is -2.16. The largest absolute Gasteiger partial charge is 0.437 e. The van der Waals surface area contributed by atoms with E-state index in [9.17, 15) is 0 Å². The molecule has 2 aromatic carbocycles. The molecule has 2 nitrogen and oxygen atoms in total. The molecular formula is C21H34O2Si3. The molecule has 0 aliphatic carbocycles. The first-order chi connectivity index (χ1) is 12.0. The van der Waals surface area contributed by atoms with E-state index in [1.807, 2.05) is 0 Å². The summed E-state index contributed by atoms with van der Waals surface area (Å²) in [5.41, 5.74) is 3.90. The van der Waals surface area contributed by atoms with Crippen LogP contribution in [0.3, 0.4) is 0 Å². The van der Waals surface area contributed by atoms with Gasteiger partial charge in [0.15, 0.2) is 16.6 Å². The first kappa shape index (κ1) is 21.3. The van der Waals surface area contributed by atoms with Crippen LogP contribution in [0.2, 0.25) is 51.9 Å². The highest BCUT2D eigenvalue weighted by molar-refractivity contribution is 6.87. The fraction of sp³-hybridized carbons (Fsp3) is 0.429. The molecule has 0 aliphatic heterocycles. The molecule has 0 saturated heterocycles. The Labute approximate surface area is 163 Å². The predicted octanol–water partition coefficient (Wildman–Crippen LogP) is 6.67. The van der Waals surface area contributed by atoms with Gasteiger partial charge in [-0.15, -0.1) is 0 Å². The second-order valence-corrected chi connectivity index (χ2v) is 22.0. The van der Waals surface area contributed by atoms with Gasteiger partial charge in [-0.1, -0.05) is 54.6 Å². The van der Waals surface area contributed by atoms with Crippen molar-refractivity contribution in [1.82, 2.24) is 0 Å². The van der Waals surface area contributed by atoms with Gasteiger partial charge in [-0.05, 0) is 75.0 Å². The maximum atomic E-state index is 6.61. The second kappa shape index (κ2) is 8.35. The lowest BCUT2D eigenvalue weighted by atomic mass is 10.0. The Morgan fingerprint density at radius 1 is 0.615 bits per heavy atom. The van der Waals surface area contributed by atoms with Crippen LogP contribution in [0, 0.1) is 0 Å². The lowest BCUT2D eigenvalue weighted by molar-refractivity contribution is 0.383. The Bertz CT molecular complexity index is 670. The molecule has 26 heavy (non-hydrogen) atoms. The highest BCUT2D eigenvalue weighted by Gasteiger charge is 2.39. The summed E-state index contributed by atoms with van der Waals surface area (Å²) in [7, 11) is -5.41. The van der Waals surface area contributed by atoms with E-state index in [1.54, 1.807) is 0 Å². The zero-order chi connectivity index (χ0) is 19.4. The zero-order valence-electron chi connectivity index (χ0n) is 17.4. The lowest BCUT2D eigenvalue weighted by Crippen LogP contribution is -2.52. The third kappa shape index (κ3) is 7.33. The normalized spacial score (nSPS) is 13.0. The van der Waals surface area contributed by atoms with Gasteiger partial charge < -0.3 is 8.23 Å². The number of rotatable bonds is 8. The van der Waals surface area contributed by atoms with E-state index >= 15 is 0 Å². The average Bonchev–Trinajstić information content (AvgIpc) is 2.51. The van der Waals surface area contributed by atoms with E-state index < -0.39 is 25.2 Å². The molecule has 0 radical (unpaired) electrons. The molecule has 0 fully saturated rings. The van der Waals surface area contributed by atoms with E-state index in [0.717, 1.165) is 12.5 Å². The maximum Gasteiger partial charge on any atom is 0.314 e. The van der Waals surface area contributed by atoms with Crippen LogP contribution in [0.25, 0.3) is 11.1 Å². The van der Waals surface area contributed by atoms with E-state index in [4.69, 9.17) is 8.23 Å². The van der Waals surface area contributed by atoms with Gasteiger partial charge in [0.05, 0.1) is 0 Å². The summed E-state index contributed by atoms with van der Waals surface area (Å²) in [4.78, 5) is 0.